The van der Waals surface area contributed by atoms with Crippen LogP contribution in [0.5, 0.6) is 11.5 Å². The van der Waals surface area contributed by atoms with Crippen LogP contribution in [0.15, 0.2) is 18.2 Å². The summed E-state index contributed by atoms with van der Waals surface area (Å²) in [6.07, 6.45) is 3.77. The van der Waals surface area contributed by atoms with Crippen LogP contribution in [-0.4, -0.2) is 19.8 Å². The molecule has 0 bridgehead atoms. The van der Waals surface area contributed by atoms with Gasteiger partial charge in [-0.15, -0.1) is 0 Å². The first kappa shape index (κ1) is 16.0. The fourth-order valence-corrected chi connectivity index (χ4v) is 3.72. The Morgan fingerprint density at radius 1 is 1.24 bits per heavy atom. The van der Waals surface area contributed by atoms with Crippen molar-refractivity contribution in [3.63, 3.8) is 0 Å². The molecule has 0 radical (unpaired) electrons. The number of anilines is 1. The Morgan fingerprint density at radius 3 is 2.62 bits per heavy atom. The molecule has 3 nitrogen and oxygen atoms in total. The second-order valence-electron chi connectivity index (χ2n) is 7.05. The zero-order valence-electron chi connectivity index (χ0n) is 14.0. The van der Waals surface area contributed by atoms with Gasteiger partial charge in [-0.05, 0) is 49.7 Å². The third-order valence-corrected chi connectivity index (χ3v) is 4.22. The van der Waals surface area contributed by atoms with Crippen LogP contribution >= 0.6 is 0 Å². The lowest BCUT2D eigenvalue weighted by Crippen LogP contribution is -2.35. The third-order valence-electron chi connectivity index (χ3n) is 4.22. The molecule has 2 rings (SSSR count). The molecule has 1 fully saturated rings. The molecular formula is C18H29NO2. The highest BCUT2D eigenvalue weighted by Gasteiger charge is 2.31. The van der Waals surface area contributed by atoms with Crippen LogP contribution in [0.3, 0.4) is 0 Å². The molecule has 2 atom stereocenters. The minimum absolute atomic E-state index is 0.421. The lowest BCUT2D eigenvalue weighted by atomic mass is 9.70. The van der Waals surface area contributed by atoms with Crippen LogP contribution in [0, 0.1) is 11.3 Å². The van der Waals surface area contributed by atoms with Gasteiger partial charge in [-0.2, -0.15) is 0 Å². The predicted molar refractivity (Wildman–Crippen MR) is 88.4 cm³/mol. The summed E-state index contributed by atoms with van der Waals surface area (Å²) in [7, 11) is 1.69. The fraction of sp³-hybridized carbons (Fsp3) is 0.667. The summed E-state index contributed by atoms with van der Waals surface area (Å²) < 4.78 is 11.0. The maximum absolute atomic E-state index is 5.57. The number of hydrogen-bond acceptors (Lipinski definition) is 3. The van der Waals surface area contributed by atoms with E-state index in [1.807, 2.05) is 19.1 Å². The largest absolute Gasteiger partial charge is 0.493 e. The van der Waals surface area contributed by atoms with Crippen molar-refractivity contribution in [1.82, 2.24) is 0 Å². The normalized spacial score (nSPS) is 24.4. The molecule has 21 heavy (non-hydrogen) atoms. The van der Waals surface area contributed by atoms with Gasteiger partial charge in [0.15, 0.2) is 11.5 Å². The molecule has 1 aromatic rings. The Kier molecular flexibility index (Phi) is 5.02. The molecule has 118 valence electrons. The van der Waals surface area contributed by atoms with E-state index in [0.717, 1.165) is 23.1 Å². The van der Waals surface area contributed by atoms with Gasteiger partial charge in [-0.1, -0.05) is 20.8 Å². The molecule has 1 N–H and O–H groups in total. The number of hydrogen-bond donors (Lipinski definition) is 1. The van der Waals surface area contributed by atoms with Gasteiger partial charge in [-0.3, -0.25) is 0 Å². The summed E-state index contributed by atoms with van der Waals surface area (Å²) in [5.41, 5.74) is 1.54. The van der Waals surface area contributed by atoms with E-state index < -0.39 is 0 Å². The van der Waals surface area contributed by atoms with Crippen molar-refractivity contribution in [1.29, 1.82) is 0 Å². The average molecular weight is 291 g/mol. The lowest BCUT2D eigenvalue weighted by Gasteiger charge is -2.39. The zero-order chi connectivity index (χ0) is 15.5. The van der Waals surface area contributed by atoms with E-state index in [2.05, 4.69) is 32.2 Å². The quantitative estimate of drug-likeness (QED) is 0.851. The van der Waals surface area contributed by atoms with Crippen LogP contribution in [0.2, 0.25) is 0 Å². The van der Waals surface area contributed by atoms with E-state index in [4.69, 9.17) is 9.47 Å². The summed E-state index contributed by atoms with van der Waals surface area (Å²) in [5, 5.41) is 3.68. The van der Waals surface area contributed by atoms with Crippen LogP contribution in [0.25, 0.3) is 0 Å². The van der Waals surface area contributed by atoms with Crippen molar-refractivity contribution in [2.75, 3.05) is 19.0 Å². The molecular weight excluding hydrogens is 262 g/mol. The van der Waals surface area contributed by atoms with E-state index in [-0.39, 0.29) is 0 Å². The molecule has 1 aliphatic rings. The molecule has 3 heteroatoms. The van der Waals surface area contributed by atoms with Gasteiger partial charge in [0.25, 0.3) is 0 Å². The SMILES string of the molecule is CCOc1ccc(NC2CC(C)CC(C)(C)C2)cc1OC. The van der Waals surface area contributed by atoms with Crippen LogP contribution in [-0.2, 0) is 0 Å². The van der Waals surface area contributed by atoms with Crippen molar-refractivity contribution in [2.45, 2.75) is 53.0 Å². The van der Waals surface area contributed by atoms with Crippen LogP contribution < -0.4 is 14.8 Å². The van der Waals surface area contributed by atoms with Crippen molar-refractivity contribution in [3.05, 3.63) is 18.2 Å². The third kappa shape index (κ3) is 4.29. The molecule has 0 spiro atoms. The molecule has 1 saturated carbocycles. The number of rotatable bonds is 5. The van der Waals surface area contributed by atoms with Crippen molar-refractivity contribution in [3.8, 4) is 11.5 Å². The van der Waals surface area contributed by atoms with Gasteiger partial charge in [0.1, 0.15) is 0 Å². The highest BCUT2D eigenvalue weighted by atomic mass is 16.5. The second kappa shape index (κ2) is 6.59. The Labute approximate surface area is 129 Å². The Bertz CT molecular complexity index is 470. The summed E-state index contributed by atoms with van der Waals surface area (Å²) in [6.45, 7) is 9.73. The monoisotopic (exact) mass is 291 g/mol. The predicted octanol–water partition coefficient (Wildman–Crippen LogP) is 4.72. The topological polar surface area (TPSA) is 30.5 Å². The molecule has 1 aromatic carbocycles. The molecule has 2 unspecified atom stereocenters. The number of benzene rings is 1. The van der Waals surface area contributed by atoms with Crippen LogP contribution in [0.1, 0.15) is 47.0 Å². The minimum Gasteiger partial charge on any atom is -0.493 e. The van der Waals surface area contributed by atoms with Gasteiger partial charge < -0.3 is 14.8 Å². The Hall–Kier alpha value is -1.38. The van der Waals surface area contributed by atoms with E-state index >= 15 is 0 Å². The van der Waals surface area contributed by atoms with Crippen molar-refractivity contribution < 1.29 is 9.47 Å². The molecule has 0 aromatic heterocycles. The maximum atomic E-state index is 5.57. The van der Waals surface area contributed by atoms with E-state index in [1.54, 1.807) is 7.11 Å². The van der Waals surface area contributed by atoms with Gasteiger partial charge in [-0.25, -0.2) is 0 Å². The first-order chi connectivity index (χ1) is 9.93. The summed E-state index contributed by atoms with van der Waals surface area (Å²) in [4.78, 5) is 0. The van der Waals surface area contributed by atoms with Crippen molar-refractivity contribution in [2.24, 2.45) is 11.3 Å². The zero-order valence-corrected chi connectivity index (χ0v) is 14.0. The van der Waals surface area contributed by atoms with Crippen molar-refractivity contribution >= 4 is 5.69 Å². The molecule has 0 heterocycles. The first-order valence-corrected chi connectivity index (χ1v) is 8.01. The highest BCUT2D eigenvalue weighted by Crippen LogP contribution is 2.40. The first-order valence-electron chi connectivity index (χ1n) is 8.01. The van der Waals surface area contributed by atoms with Gasteiger partial charge in [0, 0.05) is 17.8 Å². The summed E-state index contributed by atoms with van der Waals surface area (Å²) >= 11 is 0. The molecule has 0 aliphatic heterocycles. The minimum atomic E-state index is 0.421. The average Bonchev–Trinajstić information content (AvgIpc) is 2.38. The fourth-order valence-electron chi connectivity index (χ4n) is 3.72. The van der Waals surface area contributed by atoms with Gasteiger partial charge in [0.2, 0.25) is 0 Å². The van der Waals surface area contributed by atoms with Crippen LogP contribution in [0.4, 0.5) is 5.69 Å². The smallest absolute Gasteiger partial charge is 0.162 e. The number of ether oxygens (including phenoxy) is 2. The highest BCUT2D eigenvalue weighted by molar-refractivity contribution is 5.55. The molecule has 0 saturated heterocycles. The standard InChI is InChI=1S/C18H29NO2/c1-6-21-16-8-7-14(10-17(16)20-5)19-15-9-13(2)11-18(3,4)12-15/h7-8,10,13,15,19H,6,9,11-12H2,1-5H3. The van der Waals surface area contributed by atoms with E-state index in [9.17, 15) is 0 Å². The van der Waals surface area contributed by atoms with E-state index in [0.29, 0.717) is 18.1 Å². The Balaban J connectivity index is 2.08. The summed E-state index contributed by atoms with van der Waals surface area (Å²) in [5.74, 6) is 2.38. The second-order valence-corrected chi connectivity index (χ2v) is 7.05. The Morgan fingerprint density at radius 2 is 2.00 bits per heavy atom. The summed E-state index contributed by atoms with van der Waals surface area (Å²) in [6, 6.07) is 6.64. The lowest BCUT2D eigenvalue weighted by molar-refractivity contribution is 0.178. The van der Waals surface area contributed by atoms with E-state index in [1.165, 1.54) is 19.3 Å². The number of nitrogens with one attached hydrogen (secondary N) is 1. The van der Waals surface area contributed by atoms with Gasteiger partial charge >= 0.3 is 0 Å². The van der Waals surface area contributed by atoms with Gasteiger partial charge in [0.05, 0.1) is 13.7 Å². The number of methoxy groups -OCH3 is 1. The maximum Gasteiger partial charge on any atom is 0.162 e. The molecule has 0 amide bonds. The molecule has 1 aliphatic carbocycles.